The van der Waals surface area contributed by atoms with E-state index in [2.05, 4.69) is 5.32 Å². The molecule has 0 fully saturated rings. The maximum Gasteiger partial charge on any atom is 0.236 e. The highest BCUT2D eigenvalue weighted by atomic mass is 19.1. The lowest BCUT2D eigenvalue weighted by Crippen LogP contribution is -2.25. The number of ether oxygens (including phenoxy) is 1. The summed E-state index contributed by atoms with van der Waals surface area (Å²) in [4.78, 5) is 12.9. The molecule has 124 valence electrons. The van der Waals surface area contributed by atoms with E-state index in [0.717, 1.165) is 12.1 Å². The molecule has 4 rings (SSSR count). The van der Waals surface area contributed by atoms with E-state index in [1.54, 1.807) is 24.3 Å². The number of benzene rings is 3. The van der Waals surface area contributed by atoms with Gasteiger partial charge in [-0.3, -0.25) is 4.79 Å². The van der Waals surface area contributed by atoms with E-state index in [0.29, 0.717) is 22.6 Å². The van der Waals surface area contributed by atoms with Gasteiger partial charge < -0.3 is 10.1 Å². The summed E-state index contributed by atoms with van der Waals surface area (Å²) in [6.45, 7) is 0. The molecule has 0 aliphatic carbocycles. The topological polar surface area (TPSA) is 38.3 Å². The normalized spacial score (nSPS) is 12.7. The van der Waals surface area contributed by atoms with Crippen molar-refractivity contribution in [1.82, 2.24) is 0 Å². The monoisotopic (exact) mass is 337 g/mol. The van der Waals surface area contributed by atoms with Gasteiger partial charge in [0.25, 0.3) is 0 Å². The van der Waals surface area contributed by atoms with Gasteiger partial charge in [-0.05, 0) is 24.3 Å². The maximum atomic E-state index is 13.9. The van der Waals surface area contributed by atoms with Crippen LogP contribution in [0.15, 0.2) is 66.7 Å². The summed E-state index contributed by atoms with van der Waals surface area (Å²) < 4.78 is 32.8. The molecule has 0 bridgehead atoms. The second kappa shape index (κ2) is 6.02. The molecule has 3 aromatic carbocycles. The van der Waals surface area contributed by atoms with E-state index in [-0.39, 0.29) is 5.69 Å². The van der Waals surface area contributed by atoms with E-state index in [1.807, 2.05) is 24.3 Å². The summed E-state index contributed by atoms with van der Waals surface area (Å²) in [7, 11) is 0. The third kappa shape index (κ3) is 2.74. The Balaban J connectivity index is 1.75. The standard InChI is InChI=1S/C20H13F2NO2/c21-12-9-10-16(15(22)11-12)23-20(24)19-13-5-1-3-7-17(13)25-18-8-4-2-6-14(18)19/h1-11,19H,(H,23,24). The minimum atomic E-state index is -0.818. The van der Waals surface area contributed by atoms with Crippen LogP contribution in [0.4, 0.5) is 14.5 Å². The fourth-order valence-corrected chi connectivity index (χ4v) is 2.99. The van der Waals surface area contributed by atoms with E-state index in [1.165, 1.54) is 6.07 Å². The molecule has 0 saturated carbocycles. The molecule has 1 amide bonds. The van der Waals surface area contributed by atoms with E-state index in [4.69, 9.17) is 4.74 Å². The Kier molecular flexibility index (Phi) is 3.69. The summed E-state index contributed by atoms with van der Waals surface area (Å²) in [5, 5.41) is 2.55. The van der Waals surface area contributed by atoms with Crippen LogP contribution in [0.25, 0.3) is 0 Å². The first-order valence-corrected chi connectivity index (χ1v) is 7.75. The molecule has 3 nitrogen and oxygen atoms in total. The fourth-order valence-electron chi connectivity index (χ4n) is 2.99. The zero-order valence-electron chi connectivity index (χ0n) is 13.0. The molecule has 0 spiro atoms. The molecule has 1 heterocycles. The molecule has 5 heteroatoms. The molecule has 1 N–H and O–H groups in total. The van der Waals surface area contributed by atoms with Crippen LogP contribution in [0, 0.1) is 11.6 Å². The lowest BCUT2D eigenvalue weighted by atomic mass is 9.87. The third-order valence-electron chi connectivity index (χ3n) is 4.13. The number of hydrogen-bond donors (Lipinski definition) is 1. The van der Waals surface area contributed by atoms with Gasteiger partial charge in [0, 0.05) is 17.2 Å². The van der Waals surface area contributed by atoms with Crippen molar-refractivity contribution in [3.05, 3.63) is 89.5 Å². The number of halogens is 2. The molecular formula is C20H13F2NO2. The van der Waals surface area contributed by atoms with Crippen molar-refractivity contribution in [2.45, 2.75) is 5.92 Å². The second-order valence-electron chi connectivity index (χ2n) is 5.72. The van der Waals surface area contributed by atoms with Gasteiger partial charge in [0.15, 0.2) is 0 Å². The number of anilines is 1. The first-order valence-electron chi connectivity index (χ1n) is 7.75. The molecular weight excluding hydrogens is 324 g/mol. The van der Waals surface area contributed by atoms with Crippen LogP contribution >= 0.6 is 0 Å². The van der Waals surface area contributed by atoms with Crippen LogP contribution in [-0.4, -0.2) is 5.91 Å². The van der Waals surface area contributed by atoms with Crippen molar-refractivity contribution >= 4 is 11.6 Å². The summed E-state index contributed by atoms with van der Waals surface area (Å²) in [6, 6.07) is 17.5. The van der Waals surface area contributed by atoms with Gasteiger partial charge in [-0.25, -0.2) is 8.78 Å². The number of carbonyl (C=O) groups is 1. The minimum Gasteiger partial charge on any atom is -0.457 e. The Morgan fingerprint density at radius 3 is 2.08 bits per heavy atom. The zero-order chi connectivity index (χ0) is 17.4. The first kappa shape index (κ1) is 15.3. The lowest BCUT2D eigenvalue weighted by Gasteiger charge is -2.27. The van der Waals surface area contributed by atoms with E-state index in [9.17, 15) is 13.6 Å². The first-order chi connectivity index (χ1) is 12.1. The van der Waals surface area contributed by atoms with E-state index < -0.39 is 23.5 Å². The van der Waals surface area contributed by atoms with Gasteiger partial charge in [0.1, 0.15) is 23.1 Å². The number of nitrogens with one attached hydrogen (secondary N) is 1. The number of rotatable bonds is 2. The second-order valence-corrected chi connectivity index (χ2v) is 5.72. The average Bonchev–Trinajstić information content (AvgIpc) is 2.62. The summed E-state index contributed by atoms with van der Waals surface area (Å²) in [6.07, 6.45) is 0. The maximum absolute atomic E-state index is 13.9. The Morgan fingerprint density at radius 1 is 0.880 bits per heavy atom. The van der Waals surface area contributed by atoms with Crippen LogP contribution < -0.4 is 10.1 Å². The Bertz CT molecular complexity index is 926. The van der Waals surface area contributed by atoms with Gasteiger partial charge in [0.05, 0.1) is 11.6 Å². The number of carbonyl (C=O) groups excluding carboxylic acids is 1. The average molecular weight is 337 g/mol. The van der Waals surface area contributed by atoms with Crippen LogP contribution in [0.3, 0.4) is 0 Å². The summed E-state index contributed by atoms with van der Waals surface area (Å²) in [5.74, 6) is -1.40. The molecule has 0 saturated heterocycles. The predicted octanol–water partition coefficient (Wildman–Crippen LogP) is 4.84. The van der Waals surface area contributed by atoms with Crippen molar-refractivity contribution < 1.29 is 18.3 Å². The van der Waals surface area contributed by atoms with Gasteiger partial charge in [0.2, 0.25) is 5.91 Å². The highest BCUT2D eigenvalue weighted by Crippen LogP contribution is 2.44. The number of para-hydroxylation sites is 2. The van der Waals surface area contributed by atoms with Gasteiger partial charge in [-0.15, -0.1) is 0 Å². The van der Waals surface area contributed by atoms with Gasteiger partial charge in [-0.2, -0.15) is 0 Å². The Labute approximate surface area is 142 Å². The molecule has 25 heavy (non-hydrogen) atoms. The van der Waals surface area contributed by atoms with Crippen molar-refractivity contribution in [2.75, 3.05) is 5.32 Å². The molecule has 0 atom stereocenters. The zero-order valence-corrected chi connectivity index (χ0v) is 13.0. The quantitative estimate of drug-likeness (QED) is 0.726. The van der Waals surface area contributed by atoms with Crippen molar-refractivity contribution in [2.24, 2.45) is 0 Å². The number of amides is 1. The summed E-state index contributed by atoms with van der Waals surface area (Å²) >= 11 is 0. The molecule has 1 aliphatic heterocycles. The van der Waals surface area contributed by atoms with Crippen molar-refractivity contribution in [1.29, 1.82) is 0 Å². The van der Waals surface area contributed by atoms with Crippen LogP contribution in [-0.2, 0) is 4.79 Å². The Hall–Kier alpha value is -3.21. The highest BCUT2D eigenvalue weighted by Gasteiger charge is 2.32. The highest BCUT2D eigenvalue weighted by molar-refractivity contribution is 5.99. The minimum absolute atomic E-state index is 0.0622. The van der Waals surface area contributed by atoms with Crippen LogP contribution in [0.2, 0.25) is 0 Å². The fraction of sp³-hybridized carbons (Fsp3) is 0.0500. The Morgan fingerprint density at radius 2 is 1.48 bits per heavy atom. The van der Waals surface area contributed by atoms with Crippen LogP contribution in [0.1, 0.15) is 17.0 Å². The largest absolute Gasteiger partial charge is 0.457 e. The van der Waals surface area contributed by atoms with E-state index >= 15 is 0 Å². The molecule has 0 unspecified atom stereocenters. The smallest absolute Gasteiger partial charge is 0.236 e. The molecule has 1 aliphatic rings. The SMILES string of the molecule is O=C(Nc1ccc(F)cc1F)C1c2ccccc2Oc2ccccc21. The van der Waals surface area contributed by atoms with Crippen molar-refractivity contribution in [3.63, 3.8) is 0 Å². The summed E-state index contributed by atoms with van der Waals surface area (Å²) in [5.41, 5.74) is 1.33. The van der Waals surface area contributed by atoms with Gasteiger partial charge >= 0.3 is 0 Å². The molecule has 0 aromatic heterocycles. The predicted molar refractivity (Wildman–Crippen MR) is 89.8 cm³/mol. The van der Waals surface area contributed by atoms with Crippen LogP contribution in [0.5, 0.6) is 11.5 Å². The van der Waals surface area contributed by atoms with Crippen molar-refractivity contribution in [3.8, 4) is 11.5 Å². The lowest BCUT2D eigenvalue weighted by molar-refractivity contribution is -0.116. The van der Waals surface area contributed by atoms with Gasteiger partial charge in [-0.1, -0.05) is 36.4 Å². The number of hydrogen-bond acceptors (Lipinski definition) is 2. The molecule has 3 aromatic rings. The molecule has 0 radical (unpaired) electrons. The third-order valence-corrected chi connectivity index (χ3v) is 4.13. The number of fused-ring (bicyclic) bond motifs is 2.